The van der Waals surface area contributed by atoms with Crippen LogP contribution in [0.5, 0.6) is 0 Å². The maximum Gasteiger partial charge on any atom is 0.417 e. The standard InChI is InChI=1S/C15H18F3NO3S/c1-2-8-19(11-7-9-23(21,22)10-11)14(20)12-5-3-4-6-13(12)15(16,17)18/h3-6,11H,2,7-10H2,1H3/t11-/m1/s1. The van der Waals surface area contributed by atoms with Crippen molar-refractivity contribution >= 4 is 15.7 Å². The average Bonchev–Trinajstić information content (AvgIpc) is 2.83. The van der Waals surface area contributed by atoms with Crippen molar-refractivity contribution < 1.29 is 26.4 Å². The molecule has 8 heteroatoms. The maximum absolute atomic E-state index is 13.1. The summed E-state index contributed by atoms with van der Waals surface area (Å²) in [6.45, 7) is 2.02. The predicted molar refractivity (Wildman–Crippen MR) is 79.8 cm³/mol. The van der Waals surface area contributed by atoms with Gasteiger partial charge in [0.2, 0.25) is 0 Å². The van der Waals surface area contributed by atoms with Crippen molar-refractivity contribution in [3.05, 3.63) is 35.4 Å². The highest BCUT2D eigenvalue weighted by molar-refractivity contribution is 7.91. The van der Waals surface area contributed by atoms with Crippen LogP contribution in [-0.2, 0) is 16.0 Å². The second-order valence-electron chi connectivity index (χ2n) is 5.60. The molecule has 0 saturated carbocycles. The van der Waals surface area contributed by atoms with E-state index in [1.54, 1.807) is 6.92 Å². The molecule has 2 rings (SSSR count). The number of sulfone groups is 1. The summed E-state index contributed by atoms with van der Waals surface area (Å²) in [5, 5.41) is 0. The van der Waals surface area contributed by atoms with Gasteiger partial charge in [-0.25, -0.2) is 8.42 Å². The third kappa shape index (κ3) is 4.04. The molecular weight excluding hydrogens is 331 g/mol. The SMILES string of the molecule is CCCN(C(=O)c1ccccc1C(F)(F)F)[C@@H]1CCS(=O)(=O)C1. The molecular formula is C15H18F3NO3S. The Labute approximate surface area is 133 Å². The van der Waals surface area contributed by atoms with Gasteiger partial charge in [-0.2, -0.15) is 13.2 Å². The van der Waals surface area contributed by atoms with E-state index in [1.807, 2.05) is 0 Å². The van der Waals surface area contributed by atoms with Crippen molar-refractivity contribution in [2.75, 3.05) is 18.1 Å². The molecule has 1 atom stereocenters. The Balaban J connectivity index is 2.36. The zero-order valence-electron chi connectivity index (χ0n) is 12.6. The minimum atomic E-state index is -4.63. The number of carbonyl (C=O) groups excluding carboxylic acids is 1. The van der Waals surface area contributed by atoms with E-state index < -0.39 is 39.1 Å². The van der Waals surface area contributed by atoms with Crippen molar-refractivity contribution in [3.63, 3.8) is 0 Å². The van der Waals surface area contributed by atoms with Crippen molar-refractivity contribution in [1.29, 1.82) is 0 Å². The van der Waals surface area contributed by atoms with Gasteiger partial charge in [0.1, 0.15) is 0 Å². The van der Waals surface area contributed by atoms with Gasteiger partial charge in [0.25, 0.3) is 5.91 Å². The number of hydrogen-bond donors (Lipinski definition) is 0. The fraction of sp³-hybridized carbons (Fsp3) is 0.533. The largest absolute Gasteiger partial charge is 0.417 e. The normalized spacial score (nSPS) is 20.4. The van der Waals surface area contributed by atoms with E-state index in [4.69, 9.17) is 0 Å². The number of amides is 1. The van der Waals surface area contributed by atoms with Gasteiger partial charge in [-0.1, -0.05) is 19.1 Å². The predicted octanol–water partition coefficient (Wildman–Crippen LogP) is 2.74. The van der Waals surface area contributed by atoms with Crippen molar-refractivity contribution in [3.8, 4) is 0 Å². The van der Waals surface area contributed by atoms with Gasteiger partial charge in [-0.05, 0) is 25.0 Å². The minimum absolute atomic E-state index is 0.0356. The van der Waals surface area contributed by atoms with E-state index >= 15 is 0 Å². The molecule has 23 heavy (non-hydrogen) atoms. The topological polar surface area (TPSA) is 54.5 Å². The van der Waals surface area contributed by atoms with E-state index in [9.17, 15) is 26.4 Å². The van der Waals surface area contributed by atoms with Crippen LogP contribution in [0.2, 0.25) is 0 Å². The van der Waals surface area contributed by atoms with E-state index in [2.05, 4.69) is 0 Å². The van der Waals surface area contributed by atoms with Crippen LogP contribution in [0.1, 0.15) is 35.7 Å². The van der Waals surface area contributed by atoms with Crippen LogP contribution in [0.15, 0.2) is 24.3 Å². The van der Waals surface area contributed by atoms with Gasteiger partial charge >= 0.3 is 6.18 Å². The Morgan fingerprint density at radius 1 is 1.30 bits per heavy atom. The number of nitrogens with zero attached hydrogens (tertiary/aromatic N) is 1. The summed E-state index contributed by atoms with van der Waals surface area (Å²) in [4.78, 5) is 13.9. The van der Waals surface area contributed by atoms with Gasteiger partial charge in [-0.3, -0.25) is 4.79 Å². The molecule has 1 aliphatic rings. The van der Waals surface area contributed by atoms with Crippen LogP contribution >= 0.6 is 0 Å². The molecule has 128 valence electrons. The smallest absolute Gasteiger partial charge is 0.335 e. The van der Waals surface area contributed by atoms with E-state index in [0.717, 1.165) is 12.1 Å². The van der Waals surface area contributed by atoms with Crippen LogP contribution in [0, 0.1) is 0 Å². The molecule has 0 radical (unpaired) electrons. The molecule has 1 fully saturated rings. The Kier molecular flexibility index (Phi) is 5.03. The third-order valence-electron chi connectivity index (χ3n) is 3.84. The highest BCUT2D eigenvalue weighted by Crippen LogP contribution is 2.33. The molecule has 0 unspecified atom stereocenters. The van der Waals surface area contributed by atoms with Crippen LogP contribution in [0.4, 0.5) is 13.2 Å². The highest BCUT2D eigenvalue weighted by atomic mass is 32.2. The van der Waals surface area contributed by atoms with Gasteiger partial charge in [-0.15, -0.1) is 0 Å². The van der Waals surface area contributed by atoms with Gasteiger partial charge in [0.05, 0.1) is 22.6 Å². The zero-order chi connectivity index (χ0) is 17.3. The Bertz CT molecular complexity index is 685. The van der Waals surface area contributed by atoms with Gasteiger partial charge < -0.3 is 4.90 Å². The molecule has 0 N–H and O–H groups in total. The fourth-order valence-corrected chi connectivity index (χ4v) is 4.51. The van der Waals surface area contributed by atoms with Crippen LogP contribution in [0.3, 0.4) is 0 Å². The van der Waals surface area contributed by atoms with E-state index in [-0.39, 0.29) is 24.5 Å². The molecule has 0 bridgehead atoms. The monoisotopic (exact) mass is 349 g/mol. The lowest BCUT2D eigenvalue weighted by atomic mass is 10.0. The number of alkyl halides is 3. The summed E-state index contributed by atoms with van der Waals surface area (Å²) in [6.07, 6.45) is -3.83. The molecule has 0 aromatic heterocycles. The number of carbonyl (C=O) groups is 1. The average molecular weight is 349 g/mol. The highest BCUT2D eigenvalue weighted by Gasteiger charge is 2.39. The number of halogens is 3. The number of rotatable bonds is 4. The van der Waals surface area contributed by atoms with E-state index in [1.165, 1.54) is 17.0 Å². The second kappa shape index (κ2) is 6.51. The first-order valence-electron chi connectivity index (χ1n) is 7.33. The molecule has 1 saturated heterocycles. The number of benzene rings is 1. The first-order chi connectivity index (χ1) is 10.7. The quantitative estimate of drug-likeness (QED) is 0.840. The molecule has 1 aromatic carbocycles. The molecule has 1 aromatic rings. The first kappa shape index (κ1) is 17.8. The maximum atomic E-state index is 13.1. The molecule has 1 heterocycles. The molecule has 4 nitrogen and oxygen atoms in total. The van der Waals surface area contributed by atoms with Gasteiger partial charge in [0.15, 0.2) is 9.84 Å². The van der Waals surface area contributed by atoms with E-state index in [0.29, 0.717) is 6.42 Å². The lowest BCUT2D eigenvalue weighted by molar-refractivity contribution is -0.138. The molecule has 0 spiro atoms. The van der Waals surface area contributed by atoms with Crippen molar-refractivity contribution in [1.82, 2.24) is 4.90 Å². The zero-order valence-corrected chi connectivity index (χ0v) is 13.5. The second-order valence-corrected chi connectivity index (χ2v) is 7.83. The summed E-state index contributed by atoms with van der Waals surface area (Å²) in [5.41, 5.74) is -1.43. The molecule has 1 amide bonds. The summed E-state index contributed by atoms with van der Waals surface area (Å²) < 4.78 is 62.5. The molecule has 0 aliphatic carbocycles. The summed E-state index contributed by atoms with van der Waals surface area (Å²) in [7, 11) is -3.23. The Hall–Kier alpha value is -1.57. The van der Waals surface area contributed by atoms with Gasteiger partial charge in [0, 0.05) is 12.6 Å². The van der Waals surface area contributed by atoms with Crippen LogP contribution in [-0.4, -0.2) is 43.3 Å². The first-order valence-corrected chi connectivity index (χ1v) is 9.15. The fourth-order valence-electron chi connectivity index (χ4n) is 2.78. The Morgan fingerprint density at radius 2 is 1.96 bits per heavy atom. The summed E-state index contributed by atoms with van der Waals surface area (Å²) in [5.74, 6) is -0.985. The minimum Gasteiger partial charge on any atom is -0.335 e. The van der Waals surface area contributed by atoms with Crippen LogP contribution in [0.25, 0.3) is 0 Å². The molecule has 1 aliphatic heterocycles. The lowest BCUT2D eigenvalue weighted by Crippen LogP contribution is -2.42. The number of hydrogen-bond acceptors (Lipinski definition) is 3. The summed E-state index contributed by atoms with van der Waals surface area (Å²) >= 11 is 0. The van der Waals surface area contributed by atoms with Crippen LogP contribution < -0.4 is 0 Å². The Morgan fingerprint density at radius 3 is 2.48 bits per heavy atom. The van der Waals surface area contributed by atoms with Crippen molar-refractivity contribution in [2.24, 2.45) is 0 Å². The van der Waals surface area contributed by atoms with Crippen molar-refractivity contribution in [2.45, 2.75) is 32.0 Å². The third-order valence-corrected chi connectivity index (χ3v) is 5.59. The lowest BCUT2D eigenvalue weighted by Gasteiger charge is -2.29. The summed E-state index contributed by atoms with van der Waals surface area (Å²) in [6, 6.07) is 4.04.